The zero-order chi connectivity index (χ0) is 19.1. The fourth-order valence-electron chi connectivity index (χ4n) is 4.43. The van der Waals surface area contributed by atoms with Crippen LogP contribution in [-0.2, 0) is 4.79 Å². The number of anilines is 1. The molecule has 5 rings (SSSR count). The van der Waals surface area contributed by atoms with E-state index in [-0.39, 0.29) is 29.8 Å². The van der Waals surface area contributed by atoms with E-state index in [1.54, 1.807) is 0 Å². The maximum absolute atomic E-state index is 12.8. The van der Waals surface area contributed by atoms with E-state index in [2.05, 4.69) is 31.0 Å². The van der Waals surface area contributed by atoms with Crippen LogP contribution in [0.5, 0.6) is 0 Å². The van der Waals surface area contributed by atoms with Crippen LogP contribution in [0.2, 0.25) is 0 Å². The summed E-state index contributed by atoms with van der Waals surface area (Å²) in [7, 11) is 0. The van der Waals surface area contributed by atoms with Gasteiger partial charge in [-0.3, -0.25) is 19.4 Å². The molecule has 3 heterocycles. The summed E-state index contributed by atoms with van der Waals surface area (Å²) in [4.78, 5) is 25.2. The van der Waals surface area contributed by atoms with Crippen molar-refractivity contribution in [3.05, 3.63) is 45.7 Å². The highest BCUT2D eigenvalue weighted by Crippen LogP contribution is 2.38. The first kappa shape index (κ1) is 16.9. The molecular weight excluding hydrogens is 358 g/mol. The second kappa shape index (κ2) is 6.74. The minimum absolute atomic E-state index is 0.0664. The Balaban J connectivity index is 1.53. The first-order chi connectivity index (χ1) is 13.7. The minimum Gasteiger partial charge on any atom is -0.311 e. The van der Waals surface area contributed by atoms with Gasteiger partial charge in [0.05, 0.1) is 11.6 Å². The third kappa shape index (κ3) is 2.83. The van der Waals surface area contributed by atoms with Gasteiger partial charge >= 0.3 is 0 Å². The van der Waals surface area contributed by atoms with Crippen molar-refractivity contribution in [1.29, 1.82) is 0 Å². The normalized spacial score (nSPS) is 20.0. The molecule has 1 saturated carbocycles. The van der Waals surface area contributed by atoms with Crippen molar-refractivity contribution in [3.63, 3.8) is 0 Å². The van der Waals surface area contributed by atoms with Gasteiger partial charge in [0.25, 0.3) is 5.56 Å². The monoisotopic (exact) mass is 379 g/mol. The lowest BCUT2D eigenvalue weighted by molar-refractivity contribution is -0.116. The predicted octanol–water partition coefficient (Wildman–Crippen LogP) is 2.34. The highest BCUT2D eigenvalue weighted by Gasteiger charge is 2.34. The van der Waals surface area contributed by atoms with Crippen molar-refractivity contribution in [2.24, 2.45) is 0 Å². The summed E-state index contributed by atoms with van der Waals surface area (Å²) >= 11 is 0. The Kier molecular flexibility index (Phi) is 4.07. The minimum atomic E-state index is -0.267. The molecule has 1 atom stereocenters. The molecule has 1 aliphatic carbocycles. The Morgan fingerprint density at radius 3 is 2.54 bits per heavy atom. The van der Waals surface area contributed by atoms with Crippen molar-refractivity contribution in [2.45, 2.75) is 50.5 Å². The van der Waals surface area contributed by atoms with Crippen LogP contribution in [0.3, 0.4) is 0 Å². The zero-order valence-corrected chi connectivity index (χ0v) is 15.3. The number of carbonyl (C=O) groups excluding carboxylic acids is 1. The van der Waals surface area contributed by atoms with Crippen molar-refractivity contribution in [3.8, 4) is 11.4 Å². The molecule has 0 saturated heterocycles. The quantitative estimate of drug-likeness (QED) is 0.645. The molecule has 0 bridgehead atoms. The molecule has 1 aliphatic heterocycles. The van der Waals surface area contributed by atoms with Gasteiger partial charge in [0.15, 0.2) is 0 Å². The first-order valence-electron chi connectivity index (χ1n) is 9.69. The number of benzene rings is 1. The highest BCUT2D eigenvalue weighted by atomic mass is 16.2. The number of nitrogens with one attached hydrogen (secondary N) is 3. The van der Waals surface area contributed by atoms with Gasteiger partial charge in [-0.15, -0.1) is 10.2 Å². The van der Waals surface area contributed by atoms with Gasteiger partial charge in [0, 0.05) is 17.9 Å². The van der Waals surface area contributed by atoms with Crippen LogP contribution in [0.4, 0.5) is 5.82 Å². The van der Waals surface area contributed by atoms with E-state index in [0.29, 0.717) is 17.2 Å². The van der Waals surface area contributed by atoms with Gasteiger partial charge in [-0.2, -0.15) is 5.21 Å². The molecule has 28 heavy (non-hydrogen) atoms. The summed E-state index contributed by atoms with van der Waals surface area (Å²) in [5.41, 5.74) is 2.28. The fraction of sp³-hybridized carbons (Fsp3) is 0.421. The number of rotatable bonds is 3. The van der Waals surface area contributed by atoms with Crippen LogP contribution in [0.25, 0.3) is 11.4 Å². The summed E-state index contributed by atoms with van der Waals surface area (Å²) in [5, 5.41) is 19.9. The molecule has 9 nitrogen and oxygen atoms in total. The number of amides is 1. The van der Waals surface area contributed by atoms with Gasteiger partial charge in [0.2, 0.25) is 11.7 Å². The molecule has 9 heteroatoms. The molecule has 1 amide bonds. The van der Waals surface area contributed by atoms with E-state index in [1.807, 2.05) is 28.9 Å². The first-order valence-corrected chi connectivity index (χ1v) is 9.69. The van der Waals surface area contributed by atoms with E-state index < -0.39 is 0 Å². The van der Waals surface area contributed by atoms with Crippen LogP contribution >= 0.6 is 0 Å². The number of aromatic nitrogens is 6. The Morgan fingerprint density at radius 1 is 1.04 bits per heavy atom. The van der Waals surface area contributed by atoms with Crippen molar-refractivity contribution < 1.29 is 4.79 Å². The average Bonchev–Trinajstić information content (AvgIpc) is 3.37. The average molecular weight is 379 g/mol. The van der Waals surface area contributed by atoms with Gasteiger partial charge < -0.3 is 5.32 Å². The summed E-state index contributed by atoms with van der Waals surface area (Å²) in [6, 6.07) is 7.87. The third-order valence-corrected chi connectivity index (χ3v) is 5.81. The van der Waals surface area contributed by atoms with Crippen molar-refractivity contribution >= 4 is 11.7 Å². The Labute approximate surface area is 160 Å². The molecule has 0 radical (unpaired) electrons. The molecule has 3 N–H and O–H groups in total. The van der Waals surface area contributed by atoms with Crippen molar-refractivity contribution in [2.75, 3.05) is 5.32 Å². The number of nitrogens with zero attached hydrogens (tertiary/aromatic N) is 4. The van der Waals surface area contributed by atoms with Crippen molar-refractivity contribution in [1.82, 2.24) is 30.4 Å². The molecule has 1 unspecified atom stereocenters. The lowest BCUT2D eigenvalue weighted by atomic mass is 9.86. The molecule has 3 aromatic rings. The molecule has 1 fully saturated rings. The lowest BCUT2D eigenvalue weighted by Crippen LogP contribution is -2.27. The summed E-state index contributed by atoms with van der Waals surface area (Å²) < 4.78 is 1.90. The topological polar surface area (TPSA) is 121 Å². The number of aromatic amines is 2. The van der Waals surface area contributed by atoms with Gasteiger partial charge in [-0.05, 0) is 23.6 Å². The molecular formula is C19H21N7O2. The number of hydrogen-bond donors (Lipinski definition) is 3. The van der Waals surface area contributed by atoms with Crippen LogP contribution in [0.1, 0.15) is 61.6 Å². The lowest BCUT2D eigenvalue weighted by Gasteiger charge is -2.28. The van der Waals surface area contributed by atoms with Crippen LogP contribution in [-0.4, -0.2) is 36.3 Å². The zero-order valence-electron chi connectivity index (χ0n) is 15.3. The van der Waals surface area contributed by atoms with E-state index in [9.17, 15) is 9.59 Å². The van der Waals surface area contributed by atoms with Crippen LogP contribution < -0.4 is 10.9 Å². The van der Waals surface area contributed by atoms with E-state index in [4.69, 9.17) is 0 Å². The second-order valence-corrected chi connectivity index (χ2v) is 7.53. The number of hydrogen-bond acceptors (Lipinski definition) is 5. The standard InChI is InChI=1S/C19H21N7O2/c27-15-10-14(11-6-8-12(9-7-11)17-21-24-25-22-17)16-18(20-15)26(23-19(16)28)13-4-2-1-3-5-13/h6-9,13-14H,1-5,10H2,(H,20,27)(H,23,28)(H,21,22,24,25). The maximum atomic E-state index is 12.8. The fourth-order valence-corrected chi connectivity index (χ4v) is 4.43. The SMILES string of the molecule is O=C1CC(c2ccc(-c3nn[nH]n3)cc2)c2c(n(C3CCCCC3)[nH]c2=O)N1. The molecule has 1 aromatic carbocycles. The smallest absolute Gasteiger partial charge is 0.270 e. The maximum Gasteiger partial charge on any atom is 0.270 e. The largest absolute Gasteiger partial charge is 0.311 e. The third-order valence-electron chi connectivity index (χ3n) is 5.81. The molecule has 0 spiro atoms. The number of H-pyrrole nitrogens is 2. The summed E-state index contributed by atoms with van der Waals surface area (Å²) in [6.07, 6.45) is 5.83. The van der Waals surface area contributed by atoms with E-state index in [1.165, 1.54) is 6.42 Å². The van der Waals surface area contributed by atoms with Gasteiger partial charge in [-0.1, -0.05) is 43.5 Å². The second-order valence-electron chi connectivity index (χ2n) is 7.53. The van der Waals surface area contributed by atoms with Gasteiger partial charge in [0.1, 0.15) is 5.82 Å². The molecule has 2 aliphatic rings. The van der Waals surface area contributed by atoms with Crippen LogP contribution in [0, 0.1) is 0 Å². The van der Waals surface area contributed by atoms with E-state index in [0.717, 1.165) is 36.8 Å². The molecule has 144 valence electrons. The van der Waals surface area contributed by atoms with Crippen LogP contribution in [0.15, 0.2) is 29.1 Å². The Hall–Kier alpha value is -3.23. The Bertz CT molecular complexity index is 1040. The number of tetrazole rings is 1. The number of carbonyl (C=O) groups is 1. The number of fused-ring (bicyclic) bond motifs is 1. The Morgan fingerprint density at radius 2 is 1.82 bits per heavy atom. The summed E-state index contributed by atoms with van der Waals surface area (Å²) in [5.74, 6) is 0.815. The molecule has 2 aromatic heterocycles. The van der Waals surface area contributed by atoms with Gasteiger partial charge in [-0.25, -0.2) is 0 Å². The highest BCUT2D eigenvalue weighted by molar-refractivity contribution is 5.94. The van der Waals surface area contributed by atoms with E-state index >= 15 is 0 Å². The predicted molar refractivity (Wildman–Crippen MR) is 102 cm³/mol. The summed E-state index contributed by atoms with van der Waals surface area (Å²) in [6.45, 7) is 0.